The summed E-state index contributed by atoms with van der Waals surface area (Å²) in [4.78, 5) is 36.4. The Morgan fingerprint density at radius 3 is 2.69 bits per heavy atom. The molecule has 0 unspecified atom stereocenters. The van der Waals surface area contributed by atoms with Crippen molar-refractivity contribution in [2.75, 3.05) is 6.54 Å². The number of amides is 1. The van der Waals surface area contributed by atoms with Crippen LogP contribution in [0.25, 0.3) is 22.0 Å². The molecule has 9 heteroatoms. The Morgan fingerprint density at radius 1 is 1.07 bits per heavy atom. The molecule has 0 bridgehead atoms. The first-order valence-corrected chi connectivity index (χ1v) is 14.6. The highest BCUT2D eigenvalue weighted by molar-refractivity contribution is 6.30. The Hall–Kier alpha value is -4.27. The highest BCUT2D eigenvalue weighted by Crippen LogP contribution is 2.52. The van der Waals surface area contributed by atoms with E-state index in [1.165, 1.54) is 0 Å². The van der Waals surface area contributed by atoms with Gasteiger partial charge in [0, 0.05) is 24.0 Å². The first kappa shape index (κ1) is 26.6. The van der Waals surface area contributed by atoms with Crippen LogP contribution in [0, 0.1) is 0 Å². The molecule has 3 heterocycles. The molecule has 1 aliphatic heterocycles. The lowest BCUT2D eigenvalue weighted by atomic mass is 9.91. The van der Waals surface area contributed by atoms with E-state index in [1.807, 2.05) is 17.9 Å². The van der Waals surface area contributed by atoms with Crippen molar-refractivity contribution >= 4 is 28.4 Å². The predicted octanol–water partition coefficient (Wildman–Crippen LogP) is 5.07. The number of aliphatic hydroxyl groups excluding tert-OH is 1. The minimum absolute atomic E-state index is 0.105. The SMILES string of the molecule is Cn1ncc2cc(-c3cccc(C4(c5nc6c(c(=O)[nH]5)CN(C(=O)[C@H](O)c5cccc(Cl)c5)CCC6)CC4)c3)ccc21. The smallest absolute Gasteiger partial charge is 0.256 e. The minimum atomic E-state index is -1.35. The van der Waals surface area contributed by atoms with Gasteiger partial charge in [-0.2, -0.15) is 5.10 Å². The summed E-state index contributed by atoms with van der Waals surface area (Å²) in [6.07, 6.45) is 3.56. The Kier molecular flexibility index (Phi) is 6.48. The summed E-state index contributed by atoms with van der Waals surface area (Å²) >= 11 is 6.06. The maximum Gasteiger partial charge on any atom is 0.256 e. The number of aliphatic hydroxyl groups is 1. The lowest BCUT2D eigenvalue weighted by Crippen LogP contribution is -2.36. The predicted molar refractivity (Wildman–Crippen MR) is 161 cm³/mol. The standard InChI is InChI=1S/C33H30ClN5O3/c1-38-28-11-10-21(15-23(28)18-35-38)20-5-2-7-24(16-20)33(12-13-33)32-36-27-9-4-14-39(19-26(27)30(41)37-32)31(42)29(40)22-6-3-8-25(34)17-22/h2-3,5-8,10-11,15-18,29,40H,4,9,12-14,19H2,1H3,(H,36,37,41)/t29-/m1/s1. The lowest BCUT2D eigenvalue weighted by Gasteiger charge is -2.24. The number of halogens is 1. The zero-order chi connectivity index (χ0) is 29.0. The van der Waals surface area contributed by atoms with Crippen LogP contribution in [-0.2, 0) is 30.2 Å². The van der Waals surface area contributed by atoms with Crippen LogP contribution in [0.5, 0.6) is 0 Å². The van der Waals surface area contributed by atoms with Crippen molar-refractivity contribution in [3.05, 3.63) is 117 Å². The number of fused-ring (bicyclic) bond motifs is 2. The highest BCUT2D eigenvalue weighted by Gasteiger charge is 2.49. The second-order valence-corrected chi connectivity index (χ2v) is 11.8. The number of carbonyl (C=O) groups is 1. The molecule has 0 spiro atoms. The van der Waals surface area contributed by atoms with Gasteiger partial charge in [0.1, 0.15) is 5.82 Å². The fraction of sp³-hybridized carbons (Fsp3) is 0.273. The third kappa shape index (κ3) is 4.61. The van der Waals surface area contributed by atoms with Gasteiger partial charge in [-0.1, -0.05) is 54.1 Å². The van der Waals surface area contributed by atoms with Gasteiger partial charge in [0.2, 0.25) is 0 Å². The molecule has 0 radical (unpaired) electrons. The van der Waals surface area contributed by atoms with Crippen molar-refractivity contribution in [1.29, 1.82) is 0 Å². The molecule has 1 aliphatic carbocycles. The van der Waals surface area contributed by atoms with Gasteiger partial charge in [-0.25, -0.2) is 4.98 Å². The highest BCUT2D eigenvalue weighted by atomic mass is 35.5. The van der Waals surface area contributed by atoms with Crippen LogP contribution < -0.4 is 5.56 Å². The molecule has 2 aromatic heterocycles. The summed E-state index contributed by atoms with van der Waals surface area (Å²) in [7, 11) is 1.94. The molecule has 7 rings (SSSR count). The first-order chi connectivity index (χ1) is 20.3. The molecule has 42 heavy (non-hydrogen) atoms. The maximum atomic E-state index is 13.5. The topological polar surface area (TPSA) is 104 Å². The number of nitrogens with zero attached hydrogens (tertiary/aromatic N) is 4. The molecule has 5 aromatic rings. The van der Waals surface area contributed by atoms with E-state index in [0.29, 0.717) is 41.4 Å². The molecule has 2 N–H and O–H groups in total. The minimum Gasteiger partial charge on any atom is -0.378 e. The summed E-state index contributed by atoms with van der Waals surface area (Å²) < 4.78 is 1.87. The Bertz CT molecular complexity index is 1910. The van der Waals surface area contributed by atoms with E-state index in [2.05, 4.69) is 52.5 Å². The van der Waals surface area contributed by atoms with Gasteiger partial charge < -0.3 is 15.0 Å². The van der Waals surface area contributed by atoms with Gasteiger partial charge in [-0.3, -0.25) is 14.3 Å². The molecule has 3 aromatic carbocycles. The summed E-state index contributed by atoms with van der Waals surface area (Å²) in [5, 5.41) is 16.7. The van der Waals surface area contributed by atoms with Gasteiger partial charge in [0.25, 0.3) is 11.5 Å². The summed E-state index contributed by atoms with van der Waals surface area (Å²) in [6, 6.07) is 21.5. The number of hydrogen-bond acceptors (Lipinski definition) is 5. The summed E-state index contributed by atoms with van der Waals surface area (Å²) in [5.41, 5.74) is 5.50. The average molecular weight is 580 g/mol. The van der Waals surface area contributed by atoms with Crippen molar-refractivity contribution < 1.29 is 9.90 Å². The van der Waals surface area contributed by atoms with E-state index in [9.17, 15) is 14.7 Å². The monoisotopic (exact) mass is 579 g/mol. The maximum absolute atomic E-state index is 13.5. The van der Waals surface area contributed by atoms with Crippen LogP contribution in [0.3, 0.4) is 0 Å². The van der Waals surface area contributed by atoms with Crippen molar-refractivity contribution in [2.24, 2.45) is 7.05 Å². The van der Waals surface area contributed by atoms with E-state index in [1.54, 1.807) is 29.2 Å². The molecular formula is C33H30ClN5O3. The molecule has 0 saturated heterocycles. The second-order valence-electron chi connectivity index (χ2n) is 11.4. The molecule has 1 saturated carbocycles. The Morgan fingerprint density at radius 2 is 1.88 bits per heavy atom. The van der Waals surface area contributed by atoms with Gasteiger partial charge in [0.15, 0.2) is 6.10 Å². The number of aryl methyl sites for hydroxylation is 2. The zero-order valence-electron chi connectivity index (χ0n) is 23.2. The van der Waals surface area contributed by atoms with Crippen LogP contribution >= 0.6 is 11.6 Å². The van der Waals surface area contributed by atoms with E-state index < -0.39 is 12.0 Å². The van der Waals surface area contributed by atoms with Gasteiger partial charge in [-0.15, -0.1) is 0 Å². The molecule has 1 amide bonds. The number of aromatic nitrogens is 4. The molecule has 1 fully saturated rings. The van der Waals surface area contributed by atoms with Gasteiger partial charge in [-0.05, 0) is 72.2 Å². The van der Waals surface area contributed by atoms with Crippen LogP contribution in [0.4, 0.5) is 0 Å². The Labute approximate surface area is 247 Å². The third-order valence-corrected chi connectivity index (χ3v) is 8.93. The summed E-state index contributed by atoms with van der Waals surface area (Å²) in [6.45, 7) is 0.532. The van der Waals surface area contributed by atoms with E-state index in [-0.39, 0.29) is 17.5 Å². The number of nitrogens with one attached hydrogen (secondary N) is 1. The largest absolute Gasteiger partial charge is 0.378 e. The Balaban J connectivity index is 1.17. The number of benzene rings is 3. The third-order valence-electron chi connectivity index (χ3n) is 8.70. The first-order valence-electron chi connectivity index (χ1n) is 14.2. The average Bonchev–Trinajstić information content (AvgIpc) is 3.78. The van der Waals surface area contributed by atoms with Crippen molar-refractivity contribution in [3.8, 4) is 11.1 Å². The van der Waals surface area contributed by atoms with Crippen molar-refractivity contribution in [1.82, 2.24) is 24.6 Å². The quantitative estimate of drug-likeness (QED) is 0.303. The number of rotatable bonds is 5. The molecular weight excluding hydrogens is 550 g/mol. The van der Waals surface area contributed by atoms with E-state index in [0.717, 1.165) is 46.1 Å². The van der Waals surface area contributed by atoms with Crippen LogP contribution in [0.2, 0.25) is 5.02 Å². The number of aromatic amines is 1. The van der Waals surface area contributed by atoms with Crippen LogP contribution in [0.15, 0.2) is 77.7 Å². The van der Waals surface area contributed by atoms with E-state index >= 15 is 0 Å². The van der Waals surface area contributed by atoms with Gasteiger partial charge >= 0.3 is 0 Å². The molecule has 8 nitrogen and oxygen atoms in total. The number of hydrogen-bond donors (Lipinski definition) is 2. The zero-order valence-corrected chi connectivity index (χ0v) is 23.9. The van der Waals surface area contributed by atoms with Crippen molar-refractivity contribution in [2.45, 2.75) is 43.7 Å². The fourth-order valence-electron chi connectivity index (χ4n) is 6.16. The molecule has 1 atom stereocenters. The normalized spacial score (nSPS) is 16.6. The summed E-state index contributed by atoms with van der Waals surface area (Å²) in [5.74, 6) is 0.235. The fourth-order valence-corrected chi connectivity index (χ4v) is 6.35. The molecule has 212 valence electrons. The van der Waals surface area contributed by atoms with Crippen molar-refractivity contribution in [3.63, 3.8) is 0 Å². The molecule has 2 aliphatic rings. The van der Waals surface area contributed by atoms with Gasteiger partial charge in [0.05, 0.1) is 34.9 Å². The van der Waals surface area contributed by atoms with Crippen LogP contribution in [0.1, 0.15) is 53.6 Å². The van der Waals surface area contributed by atoms with E-state index in [4.69, 9.17) is 16.6 Å². The number of carbonyl (C=O) groups excluding carboxylic acids is 1. The lowest BCUT2D eigenvalue weighted by molar-refractivity contribution is -0.141. The van der Waals surface area contributed by atoms with Crippen LogP contribution in [-0.4, -0.2) is 42.2 Å². The number of H-pyrrole nitrogens is 1. The second kappa shape index (κ2) is 10.2.